The van der Waals surface area contributed by atoms with Gasteiger partial charge in [0.15, 0.2) is 0 Å². The second kappa shape index (κ2) is 7.97. The number of nitrogens with zero attached hydrogens (tertiary/aromatic N) is 1. The van der Waals surface area contributed by atoms with Crippen molar-refractivity contribution in [2.45, 2.75) is 78.2 Å². The second-order valence-corrected chi connectivity index (χ2v) is 8.71. The van der Waals surface area contributed by atoms with Crippen LogP contribution in [-0.2, 0) is 0 Å². The Balaban J connectivity index is 1.54. The van der Waals surface area contributed by atoms with Crippen LogP contribution in [0.5, 0.6) is 0 Å². The normalized spacial score (nSPS) is 28.4. The minimum Gasteiger partial charge on any atom is -0.315 e. The van der Waals surface area contributed by atoms with Gasteiger partial charge >= 0.3 is 0 Å². The molecule has 0 aromatic rings. The molecule has 0 aliphatic heterocycles. The van der Waals surface area contributed by atoms with Crippen molar-refractivity contribution in [3.05, 3.63) is 0 Å². The van der Waals surface area contributed by atoms with E-state index in [1.807, 2.05) is 0 Å². The van der Waals surface area contributed by atoms with Gasteiger partial charge in [0.2, 0.25) is 0 Å². The molecule has 0 unspecified atom stereocenters. The van der Waals surface area contributed by atoms with Gasteiger partial charge < -0.3 is 10.2 Å². The summed E-state index contributed by atoms with van der Waals surface area (Å²) in [5.41, 5.74) is 0.516. The van der Waals surface area contributed by atoms with E-state index in [1.54, 1.807) is 0 Å². The van der Waals surface area contributed by atoms with Crippen molar-refractivity contribution in [3.63, 3.8) is 0 Å². The first-order valence-corrected chi connectivity index (χ1v) is 9.38. The standard InChI is InChI=1S/C19H38N2/c1-19(2,3)17-11-9-16(10-12-17)15-20-13-14-21(4)18-7-5-6-8-18/h16-18,20H,5-15H2,1-4H3. The average Bonchev–Trinajstić information content (AvgIpc) is 2.97. The van der Waals surface area contributed by atoms with Gasteiger partial charge in [0.05, 0.1) is 0 Å². The Labute approximate surface area is 133 Å². The fourth-order valence-corrected chi connectivity index (χ4v) is 4.32. The molecule has 0 radical (unpaired) electrons. The molecule has 0 saturated heterocycles. The largest absolute Gasteiger partial charge is 0.315 e. The molecule has 2 fully saturated rings. The molecule has 0 atom stereocenters. The van der Waals surface area contributed by atoms with Crippen molar-refractivity contribution < 1.29 is 0 Å². The first kappa shape index (κ1) is 17.3. The summed E-state index contributed by atoms with van der Waals surface area (Å²) >= 11 is 0. The lowest BCUT2D eigenvalue weighted by atomic mass is 9.70. The SMILES string of the molecule is CN(CCNCC1CCC(C(C)(C)C)CC1)C1CCCC1. The Morgan fingerprint density at radius 2 is 1.57 bits per heavy atom. The van der Waals surface area contributed by atoms with Crippen LogP contribution in [0, 0.1) is 17.3 Å². The van der Waals surface area contributed by atoms with Crippen LogP contribution in [0.25, 0.3) is 0 Å². The summed E-state index contributed by atoms with van der Waals surface area (Å²) in [7, 11) is 2.31. The lowest BCUT2D eigenvalue weighted by molar-refractivity contribution is 0.148. The molecule has 2 saturated carbocycles. The lowest BCUT2D eigenvalue weighted by Gasteiger charge is -2.37. The van der Waals surface area contributed by atoms with Crippen LogP contribution in [0.3, 0.4) is 0 Å². The van der Waals surface area contributed by atoms with E-state index in [1.165, 1.54) is 71.0 Å². The van der Waals surface area contributed by atoms with E-state index in [4.69, 9.17) is 0 Å². The van der Waals surface area contributed by atoms with Crippen LogP contribution < -0.4 is 5.32 Å². The predicted octanol–water partition coefficient (Wildman–Crippen LogP) is 4.30. The quantitative estimate of drug-likeness (QED) is 0.735. The number of likely N-dealkylation sites (N-methyl/N-ethyl adjacent to an activating group) is 1. The molecule has 124 valence electrons. The van der Waals surface area contributed by atoms with Gasteiger partial charge in [0.1, 0.15) is 0 Å². The second-order valence-electron chi connectivity index (χ2n) is 8.71. The zero-order chi connectivity index (χ0) is 15.3. The minimum atomic E-state index is 0.516. The fourth-order valence-electron chi connectivity index (χ4n) is 4.32. The van der Waals surface area contributed by atoms with Crippen LogP contribution in [0.2, 0.25) is 0 Å². The van der Waals surface area contributed by atoms with Gasteiger partial charge in [-0.3, -0.25) is 0 Å². The van der Waals surface area contributed by atoms with Gasteiger partial charge in [-0.2, -0.15) is 0 Å². The molecule has 0 amide bonds. The van der Waals surface area contributed by atoms with Crippen molar-refractivity contribution in [3.8, 4) is 0 Å². The van der Waals surface area contributed by atoms with Crippen molar-refractivity contribution in [2.75, 3.05) is 26.7 Å². The average molecular weight is 295 g/mol. The van der Waals surface area contributed by atoms with Crippen LogP contribution >= 0.6 is 0 Å². The maximum atomic E-state index is 3.72. The highest BCUT2D eigenvalue weighted by Crippen LogP contribution is 2.39. The Kier molecular flexibility index (Phi) is 6.55. The van der Waals surface area contributed by atoms with Crippen molar-refractivity contribution in [1.29, 1.82) is 0 Å². The summed E-state index contributed by atoms with van der Waals surface area (Å²) < 4.78 is 0. The molecule has 2 rings (SSSR count). The van der Waals surface area contributed by atoms with E-state index in [2.05, 4.69) is 38.0 Å². The summed E-state index contributed by atoms with van der Waals surface area (Å²) in [6, 6.07) is 0.869. The monoisotopic (exact) mass is 294 g/mol. The minimum absolute atomic E-state index is 0.516. The third-order valence-corrected chi connectivity index (χ3v) is 6.09. The van der Waals surface area contributed by atoms with E-state index in [0.717, 1.165) is 17.9 Å². The van der Waals surface area contributed by atoms with Gasteiger partial charge in [-0.25, -0.2) is 0 Å². The highest BCUT2D eigenvalue weighted by atomic mass is 15.1. The van der Waals surface area contributed by atoms with Crippen LogP contribution in [0.4, 0.5) is 0 Å². The highest BCUT2D eigenvalue weighted by molar-refractivity contribution is 4.81. The van der Waals surface area contributed by atoms with E-state index < -0.39 is 0 Å². The maximum absolute atomic E-state index is 3.72. The Bertz CT molecular complexity index is 280. The van der Waals surface area contributed by atoms with E-state index in [9.17, 15) is 0 Å². The molecule has 0 aromatic carbocycles. The first-order valence-electron chi connectivity index (χ1n) is 9.38. The Morgan fingerprint density at radius 3 is 2.14 bits per heavy atom. The van der Waals surface area contributed by atoms with Gasteiger partial charge in [-0.05, 0) is 69.4 Å². The van der Waals surface area contributed by atoms with Crippen molar-refractivity contribution in [2.24, 2.45) is 17.3 Å². The first-order chi connectivity index (χ1) is 9.97. The summed E-state index contributed by atoms with van der Waals surface area (Å²) in [5, 5.41) is 3.72. The van der Waals surface area contributed by atoms with Crippen molar-refractivity contribution in [1.82, 2.24) is 10.2 Å². The molecule has 0 spiro atoms. The molecule has 21 heavy (non-hydrogen) atoms. The Morgan fingerprint density at radius 1 is 0.952 bits per heavy atom. The number of rotatable bonds is 6. The van der Waals surface area contributed by atoms with Crippen molar-refractivity contribution >= 4 is 0 Å². The molecule has 2 nitrogen and oxygen atoms in total. The summed E-state index contributed by atoms with van der Waals surface area (Å²) in [6.07, 6.45) is 11.5. The van der Waals surface area contributed by atoms with Crippen LogP contribution in [0.1, 0.15) is 72.1 Å². The summed E-state index contributed by atoms with van der Waals surface area (Å²) in [5.74, 6) is 1.88. The van der Waals surface area contributed by atoms with E-state index in [-0.39, 0.29) is 0 Å². The molecular weight excluding hydrogens is 256 g/mol. The molecule has 0 bridgehead atoms. The number of hydrogen-bond acceptors (Lipinski definition) is 2. The molecule has 0 aromatic heterocycles. The predicted molar refractivity (Wildman–Crippen MR) is 92.7 cm³/mol. The topological polar surface area (TPSA) is 15.3 Å². The van der Waals surface area contributed by atoms with Crippen LogP contribution in [0.15, 0.2) is 0 Å². The highest BCUT2D eigenvalue weighted by Gasteiger charge is 2.29. The molecular formula is C19H38N2. The van der Waals surface area contributed by atoms with Gasteiger partial charge in [-0.1, -0.05) is 33.6 Å². The van der Waals surface area contributed by atoms with Gasteiger partial charge in [0, 0.05) is 19.1 Å². The molecule has 1 N–H and O–H groups in total. The van der Waals surface area contributed by atoms with E-state index in [0.29, 0.717) is 5.41 Å². The van der Waals surface area contributed by atoms with Gasteiger partial charge in [-0.15, -0.1) is 0 Å². The zero-order valence-corrected chi connectivity index (χ0v) is 15.0. The maximum Gasteiger partial charge on any atom is 0.0107 e. The number of nitrogens with one attached hydrogen (secondary N) is 1. The lowest BCUT2D eigenvalue weighted by Crippen LogP contribution is -2.37. The summed E-state index contributed by atoms with van der Waals surface area (Å²) in [4.78, 5) is 2.58. The van der Waals surface area contributed by atoms with Gasteiger partial charge in [0.25, 0.3) is 0 Å². The molecule has 2 aliphatic carbocycles. The molecule has 0 heterocycles. The number of hydrogen-bond donors (Lipinski definition) is 1. The Hall–Kier alpha value is -0.0800. The third kappa shape index (κ3) is 5.56. The smallest absolute Gasteiger partial charge is 0.0107 e. The van der Waals surface area contributed by atoms with E-state index >= 15 is 0 Å². The third-order valence-electron chi connectivity index (χ3n) is 6.09. The van der Waals surface area contributed by atoms with Crippen LogP contribution in [-0.4, -0.2) is 37.6 Å². The fraction of sp³-hybridized carbons (Fsp3) is 1.00. The molecule has 2 heteroatoms. The molecule has 2 aliphatic rings. The zero-order valence-electron chi connectivity index (χ0n) is 15.0. The summed E-state index contributed by atoms with van der Waals surface area (Å²) in [6.45, 7) is 10.9.